The van der Waals surface area contributed by atoms with Crippen molar-refractivity contribution in [3.63, 3.8) is 0 Å². The van der Waals surface area contributed by atoms with Crippen LogP contribution in [-0.4, -0.2) is 36.4 Å². The largest absolute Gasteiger partial charge is 0.305 e. The number of pyridine rings is 1. The van der Waals surface area contributed by atoms with Crippen LogP contribution < -0.4 is 5.32 Å². The molecule has 0 bridgehead atoms. The minimum absolute atomic E-state index is 0.131. The fraction of sp³-hybridized carbons (Fsp3) is 0.227. The molecule has 3 heterocycles. The fourth-order valence-electron chi connectivity index (χ4n) is 3.16. The first-order valence-corrected chi connectivity index (χ1v) is 11.5. The summed E-state index contributed by atoms with van der Waals surface area (Å²) in [5.41, 5.74) is 6.51. The molecular formula is C22H22N6OS2. The van der Waals surface area contributed by atoms with Crippen LogP contribution in [0.15, 0.2) is 47.2 Å². The maximum Gasteiger partial charge on any atom is 0.236 e. The van der Waals surface area contributed by atoms with E-state index in [2.05, 4.69) is 58.4 Å². The van der Waals surface area contributed by atoms with Gasteiger partial charge >= 0.3 is 0 Å². The predicted octanol–water partition coefficient (Wildman–Crippen LogP) is 4.66. The average Bonchev–Trinajstić information content (AvgIpc) is 3.36. The Kier molecular flexibility index (Phi) is 6.15. The average molecular weight is 451 g/mol. The number of hydrogen-bond donors (Lipinski definition) is 1. The Hall–Kier alpha value is -3.04. The van der Waals surface area contributed by atoms with Crippen LogP contribution >= 0.6 is 23.1 Å². The number of aryl methyl sites for hydroxylation is 3. The minimum atomic E-state index is -0.131. The maximum absolute atomic E-state index is 12.5. The van der Waals surface area contributed by atoms with E-state index in [9.17, 15) is 4.79 Å². The van der Waals surface area contributed by atoms with E-state index in [1.54, 1.807) is 12.4 Å². The van der Waals surface area contributed by atoms with E-state index in [0.29, 0.717) is 16.1 Å². The van der Waals surface area contributed by atoms with Gasteiger partial charge in [-0.3, -0.25) is 9.78 Å². The van der Waals surface area contributed by atoms with E-state index in [4.69, 9.17) is 0 Å². The summed E-state index contributed by atoms with van der Waals surface area (Å²) in [6, 6.07) is 8.09. The van der Waals surface area contributed by atoms with E-state index in [0.717, 1.165) is 16.8 Å². The molecular weight excluding hydrogens is 428 g/mol. The summed E-state index contributed by atoms with van der Waals surface area (Å²) in [4.78, 5) is 21.2. The second-order valence-electron chi connectivity index (χ2n) is 7.23. The lowest BCUT2D eigenvalue weighted by atomic mass is 9.99. The molecule has 0 atom stereocenters. The summed E-state index contributed by atoms with van der Waals surface area (Å²) < 4.78 is 1.86. The Morgan fingerprint density at radius 2 is 1.97 bits per heavy atom. The third-order valence-electron chi connectivity index (χ3n) is 4.95. The summed E-state index contributed by atoms with van der Waals surface area (Å²) in [5.74, 6) is 0.800. The number of thioether (sulfide) groups is 1. The number of rotatable bonds is 6. The summed E-state index contributed by atoms with van der Waals surface area (Å²) >= 11 is 2.76. The zero-order chi connectivity index (χ0) is 22.0. The molecule has 158 valence electrons. The Balaban J connectivity index is 1.40. The van der Waals surface area contributed by atoms with E-state index in [-0.39, 0.29) is 11.7 Å². The smallest absolute Gasteiger partial charge is 0.236 e. The summed E-state index contributed by atoms with van der Waals surface area (Å²) in [5, 5.41) is 14.5. The number of anilines is 1. The van der Waals surface area contributed by atoms with Crippen LogP contribution in [0.4, 0.5) is 5.13 Å². The van der Waals surface area contributed by atoms with E-state index >= 15 is 0 Å². The van der Waals surface area contributed by atoms with Crippen molar-refractivity contribution in [2.75, 3.05) is 11.1 Å². The second-order valence-corrected chi connectivity index (χ2v) is 9.03. The Morgan fingerprint density at radius 1 is 1.16 bits per heavy atom. The first kappa shape index (κ1) is 21.2. The van der Waals surface area contributed by atoms with Gasteiger partial charge in [-0.25, -0.2) is 4.98 Å². The molecule has 0 fully saturated rings. The van der Waals surface area contributed by atoms with Crippen LogP contribution in [0.1, 0.15) is 16.7 Å². The lowest BCUT2D eigenvalue weighted by Gasteiger charge is -2.07. The Bertz CT molecular complexity index is 1230. The van der Waals surface area contributed by atoms with Gasteiger partial charge in [0.15, 0.2) is 16.1 Å². The molecule has 4 aromatic rings. The van der Waals surface area contributed by atoms with Crippen LogP contribution in [0.2, 0.25) is 0 Å². The summed E-state index contributed by atoms with van der Waals surface area (Å²) in [7, 11) is 1.88. The third kappa shape index (κ3) is 4.67. The predicted molar refractivity (Wildman–Crippen MR) is 125 cm³/mol. The second kappa shape index (κ2) is 8.99. The lowest BCUT2D eigenvalue weighted by Crippen LogP contribution is -2.14. The molecule has 1 amide bonds. The molecule has 0 aliphatic rings. The first-order chi connectivity index (χ1) is 14.9. The molecule has 0 saturated heterocycles. The van der Waals surface area contributed by atoms with Crippen LogP contribution in [0.5, 0.6) is 0 Å². The molecule has 7 nitrogen and oxygen atoms in total. The molecule has 31 heavy (non-hydrogen) atoms. The monoisotopic (exact) mass is 450 g/mol. The van der Waals surface area contributed by atoms with Gasteiger partial charge in [-0.05, 0) is 55.7 Å². The van der Waals surface area contributed by atoms with Gasteiger partial charge in [0.05, 0.1) is 11.4 Å². The van der Waals surface area contributed by atoms with Crippen molar-refractivity contribution >= 4 is 34.1 Å². The number of hydrogen-bond acceptors (Lipinski definition) is 7. The standard InChI is InChI=1S/C22H22N6OS2/c1-13-8-15(3)17(9-14(13)2)18-11-30-21(24-18)25-19(29)12-31-22-27-26-20(28(22)4)16-6-5-7-23-10-16/h5-11H,12H2,1-4H3,(H,24,25,29). The SMILES string of the molecule is Cc1cc(C)c(-c2csc(NC(=O)CSc3nnc(-c4cccnc4)n3C)n2)cc1C. The van der Waals surface area contributed by atoms with Crippen molar-refractivity contribution in [1.29, 1.82) is 0 Å². The number of aromatic nitrogens is 5. The highest BCUT2D eigenvalue weighted by Gasteiger charge is 2.15. The number of nitrogens with one attached hydrogen (secondary N) is 1. The fourth-order valence-corrected chi connectivity index (χ4v) is 4.60. The van der Waals surface area contributed by atoms with E-state index in [1.807, 2.05) is 29.1 Å². The van der Waals surface area contributed by atoms with Crippen molar-refractivity contribution in [3.8, 4) is 22.6 Å². The molecule has 4 rings (SSSR count). The highest BCUT2D eigenvalue weighted by molar-refractivity contribution is 7.99. The van der Waals surface area contributed by atoms with Crippen molar-refractivity contribution in [2.45, 2.75) is 25.9 Å². The van der Waals surface area contributed by atoms with Gasteiger partial charge in [0, 0.05) is 35.9 Å². The van der Waals surface area contributed by atoms with Gasteiger partial charge in [0.1, 0.15) is 0 Å². The third-order valence-corrected chi connectivity index (χ3v) is 6.73. The van der Waals surface area contributed by atoms with E-state index in [1.165, 1.54) is 39.8 Å². The van der Waals surface area contributed by atoms with Crippen LogP contribution in [0.3, 0.4) is 0 Å². The van der Waals surface area contributed by atoms with Crippen molar-refractivity contribution < 1.29 is 4.79 Å². The maximum atomic E-state index is 12.5. The van der Waals surface area contributed by atoms with Crippen molar-refractivity contribution in [3.05, 3.63) is 58.7 Å². The van der Waals surface area contributed by atoms with Gasteiger partial charge in [-0.2, -0.15) is 0 Å². The van der Waals surface area contributed by atoms with Crippen LogP contribution in [0.25, 0.3) is 22.6 Å². The van der Waals surface area contributed by atoms with Gasteiger partial charge in [-0.1, -0.05) is 17.8 Å². The summed E-state index contributed by atoms with van der Waals surface area (Å²) in [6.45, 7) is 6.28. The molecule has 0 unspecified atom stereocenters. The number of carbonyl (C=O) groups is 1. The van der Waals surface area contributed by atoms with Crippen molar-refractivity contribution in [2.24, 2.45) is 7.05 Å². The molecule has 0 aliphatic heterocycles. The normalized spacial score (nSPS) is 11.0. The van der Waals surface area contributed by atoms with Gasteiger partial charge in [0.25, 0.3) is 0 Å². The van der Waals surface area contributed by atoms with Gasteiger partial charge < -0.3 is 9.88 Å². The van der Waals surface area contributed by atoms with E-state index < -0.39 is 0 Å². The van der Waals surface area contributed by atoms with Gasteiger partial charge in [0.2, 0.25) is 5.91 Å². The number of amides is 1. The highest BCUT2D eigenvalue weighted by atomic mass is 32.2. The molecule has 3 aromatic heterocycles. The number of nitrogens with zero attached hydrogens (tertiary/aromatic N) is 5. The molecule has 1 N–H and O–H groups in total. The van der Waals surface area contributed by atoms with Gasteiger partial charge in [-0.15, -0.1) is 21.5 Å². The first-order valence-electron chi connectivity index (χ1n) is 9.68. The Labute approximate surface area is 189 Å². The zero-order valence-electron chi connectivity index (χ0n) is 17.7. The molecule has 0 saturated carbocycles. The zero-order valence-corrected chi connectivity index (χ0v) is 19.3. The number of carbonyl (C=O) groups excluding carboxylic acids is 1. The molecule has 0 radical (unpaired) electrons. The number of benzene rings is 1. The molecule has 1 aromatic carbocycles. The van der Waals surface area contributed by atoms with Crippen LogP contribution in [-0.2, 0) is 11.8 Å². The molecule has 0 aliphatic carbocycles. The summed E-state index contributed by atoms with van der Waals surface area (Å²) in [6.07, 6.45) is 3.45. The molecule has 9 heteroatoms. The minimum Gasteiger partial charge on any atom is -0.305 e. The molecule has 0 spiro atoms. The quantitative estimate of drug-likeness (QED) is 0.430. The topological polar surface area (TPSA) is 85.6 Å². The van der Waals surface area contributed by atoms with Crippen molar-refractivity contribution in [1.82, 2.24) is 24.7 Å². The lowest BCUT2D eigenvalue weighted by molar-refractivity contribution is -0.113. The highest BCUT2D eigenvalue weighted by Crippen LogP contribution is 2.30. The Morgan fingerprint density at radius 3 is 2.74 bits per heavy atom. The number of thiazole rings is 1. The van der Waals surface area contributed by atoms with Crippen LogP contribution in [0, 0.1) is 20.8 Å².